The predicted octanol–water partition coefficient (Wildman–Crippen LogP) is 0.772. The number of furan rings is 1. The molecule has 0 aliphatic carbocycles. The third-order valence-corrected chi connectivity index (χ3v) is 3.18. The van der Waals surface area contributed by atoms with Crippen LogP contribution in [0, 0.1) is 6.92 Å². The smallest absolute Gasteiger partial charge is 0.301 e. The number of thioether (sulfide) groups is 1. The van der Waals surface area contributed by atoms with Crippen LogP contribution in [0.1, 0.15) is 28.8 Å². The number of hydrazine groups is 1. The van der Waals surface area contributed by atoms with Crippen LogP contribution >= 0.6 is 11.8 Å². The molecule has 0 bridgehead atoms. The molecule has 0 spiro atoms. The predicted molar refractivity (Wildman–Crippen MR) is 64.9 cm³/mol. The van der Waals surface area contributed by atoms with Crippen LogP contribution in [0.2, 0.25) is 0 Å². The normalized spacial score (nSPS) is 12.5. The van der Waals surface area contributed by atoms with E-state index in [0.717, 1.165) is 17.1 Å². The first kappa shape index (κ1) is 13.1. The van der Waals surface area contributed by atoms with E-state index in [-0.39, 0.29) is 11.8 Å². The number of aryl methyl sites for hydroxylation is 1. The van der Waals surface area contributed by atoms with Crippen LogP contribution < -0.4 is 17.0 Å². The van der Waals surface area contributed by atoms with Crippen molar-refractivity contribution in [2.24, 2.45) is 11.6 Å². The Labute approximate surface area is 98.9 Å². The number of hydrogen-bond acceptors (Lipinski definition) is 5. The van der Waals surface area contributed by atoms with Gasteiger partial charge in [-0.25, -0.2) is 5.84 Å². The summed E-state index contributed by atoms with van der Waals surface area (Å²) in [6.45, 7) is 3.77. The van der Waals surface area contributed by atoms with Gasteiger partial charge in [0.25, 0.3) is 0 Å². The monoisotopic (exact) mass is 243 g/mol. The minimum absolute atomic E-state index is 0.160. The Morgan fingerprint density at radius 3 is 2.94 bits per heavy atom. The van der Waals surface area contributed by atoms with Crippen molar-refractivity contribution >= 4 is 17.7 Å². The van der Waals surface area contributed by atoms with Crippen molar-refractivity contribution in [3.63, 3.8) is 0 Å². The fourth-order valence-electron chi connectivity index (χ4n) is 1.26. The molecule has 1 aromatic heterocycles. The highest BCUT2D eigenvalue weighted by atomic mass is 32.2. The number of hydrogen-bond donors (Lipinski definition) is 3. The Morgan fingerprint density at radius 2 is 2.38 bits per heavy atom. The second-order valence-electron chi connectivity index (χ2n) is 3.69. The SMILES string of the molecule is Cc1cc(CSCC(C)N)oc1C(=O)NN. The molecule has 1 heterocycles. The van der Waals surface area contributed by atoms with Crippen LogP contribution in [0.5, 0.6) is 0 Å². The summed E-state index contributed by atoms with van der Waals surface area (Å²) in [5.74, 6) is 7.25. The molecule has 0 aromatic carbocycles. The van der Waals surface area contributed by atoms with Gasteiger partial charge in [0.1, 0.15) is 5.76 Å². The van der Waals surface area contributed by atoms with Crippen molar-refractivity contribution in [1.29, 1.82) is 0 Å². The van der Waals surface area contributed by atoms with Crippen molar-refractivity contribution < 1.29 is 9.21 Å². The van der Waals surface area contributed by atoms with Crippen LogP contribution in [0.15, 0.2) is 10.5 Å². The molecule has 90 valence electrons. The summed E-state index contributed by atoms with van der Waals surface area (Å²) in [4.78, 5) is 11.3. The van der Waals surface area contributed by atoms with Crippen LogP contribution in [-0.4, -0.2) is 17.7 Å². The van der Waals surface area contributed by atoms with Crippen molar-refractivity contribution in [1.82, 2.24) is 5.43 Å². The Bertz CT molecular complexity index is 363. The van der Waals surface area contributed by atoms with Gasteiger partial charge >= 0.3 is 5.91 Å². The van der Waals surface area contributed by atoms with Gasteiger partial charge in [0, 0.05) is 17.4 Å². The maximum Gasteiger partial charge on any atom is 0.301 e. The molecule has 0 aliphatic rings. The molecule has 0 saturated heterocycles. The van der Waals surface area contributed by atoms with E-state index in [0.29, 0.717) is 5.75 Å². The van der Waals surface area contributed by atoms with E-state index in [9.17, 15) is 4.79 Å². The summed E-state index contributed by atoms with van der Waals surface area (Å²) in [7, 11) is 0. The van der Waals surface area contributed by atoms with E-state index in [2.05, 4.69) is 5.43 Å². The molecule has 16 heavy (non-hydrogen) atoms. The lowest BCUT2D eigenvalue weighted by Crippen LogP contribution is -2.30. The number of carbonyl (C=O) groups excluding carboxylic acids is 1. The molecule has 1 aromatic rings. The highest BCUT2D eigenvalue weighted by Gasteiger charge is 2.14. The summed E-state index contributed by atoms with van der Waals surface area (Å²) in [5, 5.41) is 0. The van der Waals surface area contributed by atoms with Crippen molar-refractivity contribution in [3.8, 4) is 0 Å². The van der Waals surface area contributed by atoms with E-state index in [1.165, 1.54) is 0 Å². The molecule has 5 nitrogen and oxygen atoms in total. The number of nitrogens with one attached hydrogen (secondary N) is 1. The fraction of sp³-hybridized carbons (Fsp3) is 0.500. The maximum atomic E-state index is 11.3. The average molecular weight is 243 g/mol. The molecule has 1 unspecified atom stereocenters. The third-order valence-electron chi connectivity index (χ3n) is 1.93. The quantitative estimate of drug-likeness (QED) is 0.403. The zero-order valence-electron chi connectivity index (χ0n) is 9.45. The molecular weight excluding hydrogens is 226 g/mol. The van der Waals surface area contributed by atoms with Crippen molar-refractivity contribution in [2.75, 3.05) is 5.75 Å². The van der Waals surface area contributed by atoms with Gasteiger partial charge in [0.05, 0.1) is 5.75 Å². The number of nitrogen functional groups attached to an aromatic ring is 1. The molecule has 0 radical (unpaired) electrons. The summed E-state index contributed by atoms with van der Waals surface area (Å²) in [6.07, 6.45) is 0. The van der Waals surface area contributed by atoms with E-state index in [1.807, 2.05) is 19.9 Å². The molecule has 0 saturated carbocycles. The van der Waals surface area contributed by atoms with Gasteiger partial charge in [-0.05, 0) is 19.9 Å². The Hall–Kier alpha value is -0.980. The number of rotatable bonds is 5. The molecule has 5 N–H and O–H groups in total. The number of amides is 1. The van der Waals surface area contributed by atoms with Gasteiger partial charge in [-0.3, -0.25) is 10.2 Å². The van der Waals surface area contributed by atoms with Crippen molar-refractivity contribution in [3.05, 3.63) is 23.2 Å². The molecule has 0 aliphatic heterocycles. The molecule has 1 rings (SSSR count). The maximum absolute atomic E-state index is 11.3. The minimum atomic E-state index is -0.402. The largest absolute Gasteiger partial charge is 0.455 e. The molecule has 1 amide bonds. The first-order valence-corrected chi connectivity index (χ1v) is 6.13. The summed E-state index contributed by atoms with van der Waals surface area (Å²) in [5.41, 5.74) is 8.47. The van der Waals surface area contributed by atoms with E-state index < -0.39 is 5.91 Å². The second-order valence-corrected chi connectivity index (χ2v) is 4.72. The average Bonchev–Trinajstić information content (AvgIpc) is 2.58. The molecule has 6 heteroatoms. The lowest BCUT2D eigenvalue weighted by molar-refractivity contribution is 0.0923. The summed E-state index contributed by atoms with van der Waals surface area (Å²) >= 11 is 1.67. The van der Waals surface area contributed by atoms with Gasteiger partial charge < -0.3 is 10.2 Å². The molecule has 0 fully saturated rings. The highest BCUT2D eigenvalue weighted by molar-refractivity contribution is 7.98. The number of nitrogens with two attached hydrogens (primary N) is 2. The topological polar surface area (TPSA) is 94.3 Å². The van der Waals surface area contributed by atoms with E-state index in [4.69, 9.17) is 16.0 Å². The lowest BCUT2D eigenvalue weighted by atomic mass is 10.2. The highest BCUT2D eigenvalue weighted by Crippen LogP contribution is 2.19. The van der Waals surface area contributed by atoms with Crippen LogP contribution in [0.4, 0.5) is 0 Å². The second kappa shape index (κ2) is 5.93. The van der Waals surface area contributed by atoms with Crippen molar-refractivity contribution in [2.45, 2.75) is 25.6 Å². The first-order valence-electron chi connectivity index (χ1n) is 4.98. The fourth-order valence-corrected chi connectivity index (χ4v) is 2.09. The zero-order valence-corrected chi connectivity index (χ0v) is 10.3. The summed E-state index contributed by atoms with van der Waals surface area (Å²) < 4.78 is 5.40. The Morgan fingerprint density at radius 1 is 1.69 bits per heavy atom. The van der Waals surface area contributed by atoms with Crippen LogP contribution in [-0.2, 0) is 5.75 Å². The standard InChI is InChI=1S/C10H17N3O2S/c1-6-3-8(5-16-4-7(2)11)15-9(6)10(14)13-12/h3,7H,4-5,11-12H2,1-2H3,(H,13,14). The van der Waals surface area contributed by atoms with Gasteiger partial charge in [0.2, 0.25) is 0 Å². The molecular formula is C10H17N3O2S. The van der Waals surface area contributed by atoms with Gasteiger partial charge in [0.15, 0.2) is 5.76 Å². The minimum Gasteiger partial charge on any atom is -0.455 e. The lowest BCUT2D eigenvalue weighted by Gasteiger charge is -2.02. The summed E-state index contributed by atoms with van der Waals surface area (Å²) in [6, 6.07) is 2.01. The van der Waals surface area contributed by atoms with Gasteiger partial charge in [-0.15, -0.1) is 0 Å². The molecule has 1 atom stereocenters. The van der Waals surface area contributed by atoms with Gasteiger partial charge in [-0.2, -0.15) is 11.8 Å². The van der Waals surface area contributed by atoms with E-state index in [1.54, 1.807) is 11.8 Å². The third kappa shape index (κ3) is 3.55. The Balaban J connectivity index is 2.59. The Kier molecular flexibility index (Phi) is 4.85. The van der Waals surface area contributed by atoms with Crippen LogP contribution in [0.25, 0.3) is 0 Å². The van der Waals surface area contributed by atoms with E-state index >= 15 is 0 Å². The van der Waals surface area contributed by atoms with Crippen LogP contribution in [0.3, 0.4) is 0 Å². The zero-order chi connectivity index (χ0) is 12.1. The van der Waals surface area contributed by atoms with Gasteiger partial charge in [-0.1, -0.05) is 0 Å². The number of carbonyl (C=O) groups is 1. The first-order chi connectivity index (χ1) is 7.54.